The normalized spacial score (nSPS) is 9.05. The van der Waals surface area contributed by atoms with Crippen LogP contribution in [-0.4, -0.2) is 28.8 Å². The number of carbonyl (C=O) groups is 2. The zero-order chi connectivity index (χ0) is 15.0. The van der Waals surface area contributed by atoms with Gasteiger partial charge in [-0.15, -0.1) is 0 Å². The van der Waals surface area contributed by atoms with Crippen molar-refractivity contribution in [3.05, 3.63) is 28.2 Å². The summed E-state index contributed by atoms with van der Waals surface area (Å²) in [7, 11) is 0. The van der Waals surface area contributed by atoms with E-state index in [1.54, 1.807) is 6.07 Å². The summed E-state index contributed by atoms with van der Waals surface area (Å²) in [5, 5.41) is 9.41. The van der Waals surface area contributed by atoms with Crippen LogP contribution in [0.2, 0.25) is 10.0 Å². The van der Waals surface area contributed by atoms with Crippen molar-refractivity contribution in [3.8, 4) is 5.75 Å². The average molecular weight is 311 g/mol. The second-order valence-electron chi connectivity index (χ2n) is 3.00. The Bertz CT molecular complexity index is 456. The van der Waals surface area contributed by atoms with Crippen LogP contribution < -0.4 is 22.2 Å². The molecule has 1 rings (SSSR count). The van der Waals surface area contributed by atoms with Crippen LogP contribution in [0.4, 0.5) is 4.79 Å². The van der Waals surface area contributed by atoms with Gasteiger partial charge in [0.15, 0.2) is 6.61 Å². The van der Waals surface area contributed by atoms with Crippen molar-refractivity contribution < 1.29 is 19.4 Å². The van der Waals surface area contributed by atoms with E-state index in [-0.39, 0.29) is 0 Å². The lowest BCUT2D eigenvalue weighted by atomic mass is 10.3. The molecule has 0 aromatic heterocycles. The average Bonchev–Trinajstić information content (AvgIpc) is 2.28. The number of carboxylic acids is 1. The molecule has 0 bridgehead atoms. The Morgan fingerprint density at radius 3 is 2.21 bits per heavy atom. The van der Waals surface area contributed by atoms with Crippen molar-refractivity contribution in [3.63, 3.8) is 0 Å². The summed E-state index contributed by atoms with van der Waals surface area (Å²) in [4.78, 5) is 19.8. The molecule has 0 spiro atoms. The highest BCUT2D eigenvalue weighted by Crippen LogP contribution is 2.27. The van der Waals surface area contributed by atoms with Crippen LogP contribution in [0.15, 0.2) is 18.2 Å². The van der Waals surface area contributed by atoms with Gasteiger partial charge in [0.25, 0.3) is 0 Å². The van der Waals surface area contributed by atoms with Gasteiger partial charge < -0.3 is 15.6 Å². The lowest BCUT2D eigenvalue weighted by Gasteiger charge is -2.04. The Hall–Kier alpha value is -1.74. The summed E-state index contributed by atoms with van der Waals surface area (Å²) in [6.07, 6.45) is 0. The Balaban J connectivity index is 0.000000459. The minimum atomic E-state index is -1.05. The van der Waals surface area contributed by atoms with Crippen LogP contribution in [0.1, 0.15) is 0 Å². The molecule has 0 saturated carbocycles. The molecule has 0 fully saturated rings. The maximum absolute atomic E-state index is 10.2. The van der Waals surface area contributed by atoms with E-state index in [4.69, 9.17) is 33.0 Å². The van der Waals surface area contributed by atoms with Crippen molar-refractivity contribution in [1.82, 2.24) is 5.12 Å². The smallest absolute Gasteiger partial charge is 0.343 e. The molecule has 0 atom stereocenters. The van der Waals surface area contributed by atoms with E-state index in [1.807, 2.05) is 0 Å². The lowest BCUT2D eigenvalue weighted by molar-refractivity contribution is -0.139. The monoisotopic (exact) mass is 310 g/mol. The number of urea groups is 1. The van der Waals surface area contributed by atoms with E-state index < -0.39 is 18.6 Å². The van der Waals surface area contributed by atoms with E-state index >= 15 is 0 Å². The summed E-state index contributed by atoms with van der Waals surface area (Å²) < 4.78 is 4.86. The van der Waals surface area contributed by atoms with Gasteiger partial charge in [0.1, 0.15) is 5.75 Å². The van der Waals surface area contributed by atoms with Crippen LogP contribution in [0.3, 0.4) is 0 Å². The van der Waals surface area contributed by atoms with Gasteiger partial charge in [-0.1, -0.05) is 23.2 Å². The number of primary amides is 1. The molecule has 106 valence electrons. The molecule has 0 aliphatic carbocycles. The molecule has 8 nitrogen and oxygen atoms in total. The summed E-state index contributed by atoms with van der Waals surface area (Å²) in [6, 6.07) is 3.73. The van der Waals surface area contributed by atoms with Gasteiger partial charge in [0, 0.05) is 5.02 Å². The first-order chi connectivity index (χ1) is 8.73. The Morgan fingerprint density at radius 2 is 1.84 bits per heavy atom. The quantitative estimate of drug-likeness (QED) is 0.365. The fourth-order valence-corrected chi connectivity index (χ4v) is 1.19. The molecule has 0 unspecified atom stereocenters. The number of hydrazine groups is 2. The molecule has 0 heterocycles. The van der Waals surface area contributed by atoms with E-state index in [0.717, 1.165) is 0 Å². The van der Waals surface area contributed by atoms with Crippen LogP contribution in [0.5, 0.6) is 5.75 Å². The third-order valence-corrected chi connectivity index (χ3v) is 2.03. The number of ether oxygens (including phenoxy) is 1. The number of halogens is 2. The molecule has 0 aliphatic heterocycles. The lowest BCUT2D eigenvalue weighted by Crippen LogP contribution is -2.46. The maximum Gasteiger partial charge on any atom is 0.343 e. The number of amides is 2. The van der Waals surface area contributed by atoms with Gasteiger partial charge in [0.05, 0.1) is 5.02 Å². The van der Waals surface area contributed by atoms with Crippen LogP contribution in [0.25, 0.3) is 0 Å². The van der Waals surface area contributed by atoms with E-state index in [0.29, 0.717) is 20.9 Å². The highest BCUT2D eigenvalue weighted by atomic mass is 35.5. The van der Waals surface area contributed by atoms with Crippen LogP contribution in [-0.2, 0) is 4.79 Å². The first-order valence-corrected chi connectivity index (χ1v) is 5.38. The van der Waals surface area contributed by atoms with Gasteiger partial charge in [-0.3, -0.25) is 0 Å². The fraction of sp³-hybridized carbons (Fsp3) is 0.111. The number of hydrogen-bond donors (Lipinski definition) is 4. The molecule has 0 radical (unpaired) electrons. The predicted octanol–water partition coefficient (Wildman–Crippen LogP) is 0.571. The van der Waals surface area contributed by atoms with Gasteiger partial charge >= 0.3 is 12.0 Å². The third kappa shape index (κ3) is 8.06. The van der Waals surface area contributed by atoms with Crippen LogP contribution >= 0.6 is 23.2 Å². The first-order valence-electron chi connectivity index (χ1n) is 4.62. The molecule has 2 amide bonds. The number of carboxylic acid groups (broad SMARTS) is 1. The second-order valence-corrected chi connectivity index (χ2v) is 3.85. The highest BCUT2D eigenvalue weighted by Gasteiger charge is 2.04. The summed E-state index contributed by atoms with van der Waals surface area (Å²) in [6.45, 7) is -0.415. The molecule has 0 aliphatic rings. The molecule has 7 N–H and O–H groups in total. The van der Waals surface area contributed by atoms with Gasteiger partial charge in [-0.2, -0.15) is 5.12 Å². The van der Waals surface area contributed by atoms with Crippen molar-refractivity contribution in [1.29, 1.82) is 0 Å². The number of carbonyl (C=O) groups excluding carboxylic acids is 1. The van der Waals surface area contributed by atoms with E-state index in [1.165, 1.54) is 12.1 Å². The van der Waals surface area contributed by atoms with Crippen LogP contribution in [0, 0.1) is 0 Å². The Labute approximate surface area is 118 Å². The number of rotatable bonds is 3. The number of benzene rings is 1. The Kier molecular flexibility index (Phi) is 7.61. The molecule has 1 aromatic carbocycles. The van der Waals surface area contributed by atoms with Crippen molar-refractivity contribution in [2.75, 3.05) is 6.61 Å². The maximum atomic E-state index is 10.2. The molecule has 19 heavy (non-hydrogen) atoms. The largest absolute Gasteiger partial charge is 0.480 e. The number of nitrogens with two attached hydrogens (primary N) is 3. The highest BCUT2D eigenvalue weighted by molar-refractivity contribution is 6.35. The zero-order valence-electron chi connectivity index (χ0n) is 9.55. The minimum absolute atomic E-state index is 0.300. The number of hydrogen-bond acceptors (Lipinski definition) is 5. The Morgan fingerprint density at radius 1 is 1.32 bits per heavy atom. The number of nitrogens with zero attached hydrogens (tertiary/aromatic N) is 1. The third-order valence-electron chi connectivity index (χ3n) is 1.50. The van der Waals surface area contributed by atoms with Crippen molar-refractivity contribution in [2.45, 2.75) is 0 Å². The summed E-state index contributed by atoms with van der Waals surface area (Å²) in [5.41, 5.74) is 4.47. The molecule has 0 saturated heterocycles. The van der Waals surface area contributed by atoms with Gasteiger partial charge in [0.2, 0.25) is 0 Å². The second kappa shape index (κ2) is 8.38. The zero-order valence-corrected chi connectivity index (χ0v) is 11.1. The SMILES string of the molecule is NC(=O)N(N)N.O=C(O)COc1ccc(Cl)cc1Cl. The van der Waals surface area contributed by atoms with E-state index in [2.05, 4.69) is 17.4 Å². The predicted molar refractivity (Wildman–Crippen MR) is 69.4 cm³/mol. The van der Waals surface area contributed by atoms with Gasteiger partial charge in [-0.25, -0.2) is 21.3 Å². The first kappa shape index (κ1) is 17.3. The summed E-state index contributed by atoms with van der Waals surface area (Å²) in [5.74, 6) is 8.41. The molecular formula is C9H12Cl2N4O4. The summed E-state index contributed by atoms with van der Waals surface area (Å²) >= 11 is 11.3. The topological polar surface area (TPSA) is 145 Å². The molecule has 1 aromatic rings. The van der Waals surface area contributed by atoms with Gasteiger partial charge in [-0.05, 0) is 18.2 Å². The fourth-order valence-electron chi connectivity index (χ4n) is 0.732. The minimum Gasteiger partial charge on any atom is -0.480 e. The van der Waals surface area contributed by atoms with Crippen molar-refractivity contribution >= 4 is 35.2 Å². The molecule has 10 heteroatoms. The number of aliphatic carboxylic acids is 1. The standard InChI is InChI=1S/C8H6Cl2O3.CH6N4O/c9-5-1-2-7(6(10)3-5)13-4-8(11)12;2-1(6)5(3)4/h1-3H,4H2,(H,11,12);3-4H2,(H2,2,6). The molecular weight excluding hydrogens is 299 g/mol. The van der Waals surface area contributed by atoms with Crippen molar-refractivity contribution in [2.24, 2.45) is 17.4 Å². The van der Waals surface area contributed by atoms with E-state index in [9.17, 15) is 9.59 Å².